The van der Waals surface area contributed by atoms with E-state index in [9.17, 15) is 0 Å². The van der Waals surface area contributed by atoms with Gasteiger partial charge < -0.3 is 24.3 Å². The van der Waals surface area contributed by atoms with E-state index in [4.69, 9.17) is 24.3 Å². The Balaban J connectivity index is 2.34. The monoisotopic (exact) mass is 254 g/mol. The first-order valence-electron chi connectivity index (χ1n) is 5.81. The second-order valence-electron chi connectivity index (χ2n) is 3.85. The standard InChI is InChI=1S/C12H19BO5/c1-10-9-11(13(14)15)3-4-12(10)18-8-7-17-6-5-16-2/h3-4,9,14-15H,5-8H2,1-2H3. The van der Waals surface area contributed by atoms with Crippen molar-refractivity contribution in [1.82, 2.24) is 0 Å². The van der Waals surface area contributed by atoms with Crippen molar-refractivity contribution >= 4 is 12.6 Å². The summed E-state index contributed by atoms with van der Waals surface area (Å²) in [7, 11) is 0.176. The number of rotatable bonds is 8. The molecule has 2 N–H and O–H groups in total. The highest BCUT2D eigenvalue weighted by atomic mass is 16.5. The fourth-order valence-electron chi connectivity index (χ4n) is 1.45. The Kier molecular flexibility index (Phi) is 6.74. The van der Waals surface area contributed by atoms with Crippen LogP contribution in [0.15, 0.2) is 18.2 Å². The van der Waals surface area contributed by atoms with Gasteiger partial charge in [0.05, 0.1) is 19.8 Å². The smallest absolute Gasteiger partial charge is 0.488 e. The van der Waals surface area contributed by atoms with Crippen molar-refractivity contribution in [3.8, 4) is 5.75 Å². The summed E-state index contributed by atoms with van der Waals surface area (Å²) in [5, 5.41) is 18.0. The molecule has 5 nitrogen and oxygen atoms in total. The van der Waals surface area contributed by atoms with Crippen LogP contribution >= 0.6 is 0 Å². The molecule has 1 aromatic rings. The number of benzene rings is 1. The Morgan fingerprint density at radius 3 is 2.44 bits per heavy atom. The second-order valence-corrected chi connectivity index (χ2v) is 3.85. The fraction of sp³-hybridized carbons (Fsp3) is 0.500. The topological polar surface area (TPSA) is 68.2 Å². The van der Waals surface area contributed by atoms with Gasteiger partial charge in [0.15, 0.2) is 0 Å². The summed E-state index contributed by atoms with van der Waals surface area (Å²) in [6.45, 7) is 3.92. The Hall–Kier alpha value is -1.08. The first-order valence-corrected chi connectivity index (χ1v) is 5.81. The lowest BCUT2D eigenvalue weighted by Gasteiger charge is -2.10. The minimum absolute atomic E-state index is 0.450. The maximum atomic E-state index is 9.02. The van der Waals surface area contributed by atoms with Gasteiger partial charge in [0.25, 0.3) is 0 Å². The Morgan fingerprint density at radius 1 is 1.11 bits per heavy atom. The lowest BCUT2D eigenvalue weighted by molar-refractivity contribution is 0.0543. The Morgan fingerprint density at radius 2 is 1.83 bits per heavy atom. The molecule has 100 valence electrons. The van der Waals surface area contributed by atoms with Gasteiger partial charge in [-0.3, -0.25) is 0 Å². The van der Waals surface area contributed by atoms with Gasteiger partial charge in [-0.2, -0.15) is 0 Å². The van der Waals surface area contributed by atoms with Crippen LogP contribution in [0.5, 0.6) is 5.75 Å². The Bertz CT molecular complexity index is 356. The maximum Gasteiger partial charge on any atom is 0.488 e. The third kappa shape index (κ3) is 5.06. The molecule has 0 aromatic heterocycles. The van der Waals surface area contributed by atoms with Gasteiger partial charge in [0.2, 0.25) is 0 Å². The predicted molar refractivity (Wildman–Crippen MR) is 69.2 cm³/mol. The highest BCUT2D eigenvalue weighted by molar-refractivity contribution is 6.58. The third-order valence-electron chi connectivity index (χ3n) is 2.41. The van der Waals surface area contributed by atoms with Crippen molar-refractivity contribution in [3.63, 3.8) is 0 Å². The number of ether oxygens (including phenoxy) is 3. The maximum absolute atomic E-state index is 9.02. The minimum Gasteiger partial charge on any atom is -0.491 e. The largest absolute Gasteiger partial charge is 0.491 e. The molecular formula is C12H19BO5. The van der Waals surface area contributed by atoms with E-state index in [1.807, 2.05) is 6.92 Å². The van der Waals surface area contributed by atoms with Crippen molar-refractivity contribution in [2.45, 2.75) is 6.92 Å². The minimum atomic E-state index is -1.45. The van der Waals surface area contributed by atoms with Gasteiger partial charge in [-0.05, 0) is 24.0 Å². The molecule has 0 unspecified atom stereocenters. The van der Waals surface area contributed by atoms with Crippen LogP contribution in [0.1, 0.15) is 5.56 Å². The van der Waals surface area contributed by atoms with E-state index in [-0.39, 0.29) is 0 Å². The lowest BCUT2D eigenvalue weighted by Crippen LogP contribution is -2.29. The van der Waals surface area contributed by atoms with Crippen molar-refractivity contribution in [1.29, 1.82) is 0 Å². The molecule has 1 aromatic carbocycles. The molecule has 1 rings (SSSR count). The summed E-state index contributed by atoms with van der Waals surface area (Å²) in [6, 6.07) is 5.03. The normalized spacial score (nSPS) is 10.4. The third-order valence-corrected chi connectivity index (χ3v) is 2.41. The first kappa shape index (κ1) is 15.0. The molecule has 18 heavy (non-hydrogen) atoms. The Labute approximate surface area is 107 Å². The van der Waals surface area contributed by atoms with Crippen LogP contribution in [0, 0.1) is 6.92 Å². The second kappa shape index (κ2) is 8.10. The van der Waals surface area contributed by atoms with Gasteiger partial charge in [-0.15, -0.1) is 0 Å². The van der Waals surface area contributed by atoms with E-state index in [1.54, 1.807) is 25.3 Å². The van der Waals surface area contributed by atoms with E-state index in [2.05, 4.69) is 0 Å². The summed E-state index contributed by atoms with van der Waals surface area (Å²) in [5.41, 5.74) is 1.31. The average molecular weight is 254 g/mol. The molecule has 0 bridgehead atoms. The summed E-state index contributed by atoms with van der Waals surface area (Å²) in [4.78, 5) is 0. The van der Waals surface area contributed by atoms with Gasteiger partial charge >= 0.3 is 7.12 Å². The number of methoxy groups -OCH3 is 1. The molecule has 0 saturated heterocycles. The summed E-state index contributed by atoms with van der Waals surface area (Å²) < 4.78 is 15.6. The number of aryl methyl sites for hydroxylation is 1. The highest BCUT2D eigenvalue weighted by Crippen LogP contribution is 2.15. The molecule has 0 aliphatic rings. The molecular weight excluding hydrogens is 235 g/mol. The van der Waals surface area contributed by atoms with Crippen molar-refractivity contribution < 1.29 is 24.3 Å². The molecule has 0 amide bonds. The van der Waals surface area contributed by atoms with Gasteiger partial charge in [0.1, 0.15) is 12.4 Å². The van der Waals surface area contributed by atoms with Crippen LogP contribution in [0.4, 0.5) is 0 Å². The number of hydrogen-bond donors (Lipinski definition) is 2. The van der Waals surface area contributed by atoms with Crippen molar-refractivity contribution in [2.75, 3.05) is 33.5 Å². The quantitative estimate of drug-likeness (QED) is 0.493. The number of hydrogen-bond acceptors (Lipinski definition) is 5. The van der Waals surface area contributed by atoms with E-state index < -0.39 is 7.12 Å². The van der Waals surface area contributed by atoms with Crippen LogP contribution in [-0.2, 0) is 9.47 Å². The molecule has 0 fully saturated rings. The first-order chi connectivity index (χ1) is 8.65. The summed E-state index contributed by atoms with van der Waals surface area (Å²) >= 11 is 0. The van der Waals surface area contributed by atoms with E-state index in [0.717, 1.165) is 11.3 Å². The average Bonchev–Trinajstić information content (AvgIpc) is 2.35. The molecule has 0 aliphatic carbocycles. The predicted octanol–water partition coefficient (Wildman–Crippen LogP) is -0.283. The molecule has 0 saturated carbocycles. The molecule has 0 aliphatic heterocycles. The van der Waals surface area contributed by atoms with Crippen molar-refractivity contribution in [3.05, 3.63) is 23.8 Å². The van der Waals surface area contributed by atoms with Crippen LogP contribution in [0.25, 0.3) is 0 Å². The van der Waals surface area contributed by atoms with Crippen LogP contribution < -0.4 is 10.2 Å². The molecule has 0 radical (unpaired) electrons. The highest BCUT2D eigenvalue weighted by Gasteiger charge is 2.12. The SMILES string of the molecule is COCCOCCOc1ccc(B(O)O)cc1C. The van der Waals surface area contributed by atoms with Crippen LogP contribution in [0.3, 0.4) is 0 Å². The summed E-state index contributed by atoms with van der Waals surface area (Å²) in [6.07, 6.45) is 0. The van der Waals surface area contributed by atoms with Crippen molar-refractivity contribution in [2.24, 2.45) is 0 Å². The van der Waals surface area contributed by atoms with Gasteiger partial charge in [-0.25, -0.2) is 0 Å². The van der Waals surface area contributed by atoms with Gasteiger partial charge in [-0.1, -0.05) is 12.1 Å². The van der Waals surface area contributed by atoms with E-state index >= 15 is 0 Å². The molecule has 0 heterocycles. The zero-order valence-electron chi connectivity index (χ0n) is 10.8. The molecule has 0 spiro atoms. The molecule has 0 atom stereocenters. The van der Waals surface area contributed by atoms with E-state index in [0.29, 0.717) is 31.9 Å². The molecule has 6 heteroatoms. The lowest BCUT2D eigenvalue weighted by atomic mass is 9.79. The van der Waals surface area contributed by atoms with Crippen LogP contribution in [-0.4, -0.2) is 50.7 Å². The van der Waals surface area contributed by atoms with E-state index in [1.165, 1.54) is 0 Å². The fourth-order valence-corrected chi connectivity index (χ4v) is 1.45. The van der Waals surface area contributed by atoms with Crippen LogP contribution in [0.2, 0.25) is 0 Å². The zero-order valence-corrected chi connectivity index (χ0v) is 10.8. The summed E-state index contributed by atoms with van der Waals surface area (Å²) in [5.74, 6) is 0.717. The zero-order chi connectivity index (χ0) is 13.4. The van der Waals surface area contributed by atoms with Gasteiger partial charge in [0, 0.05) is 7.11 Å².